The average molecular weight is 1510 g/mol. The zero-order valence-electron chi connectivity index (χ0n) is 68.3. The Morgan fingerprint density at radius 2 is 0.639 bits per heavy atom. The van der Waals surface area contributed by atoms with Gasteiger partial charge in [0.05, 0.1) is 32.0 Å². The molecule has 12 unspecified atom stereocenters. The second-order valence-electron chi connectivity index (χ2n) is 30.3. The van der Waals surface area contributed by atoms with E-state index in [0.717, 1.165) is 135 Å². The normalized spacial score (nSPS) is 21.9. The van der Waals surface area contributed by atoms with E-state index in [9.17, 15) is 45.6 Å². The van der Waals surface area contributed by atoms with Crippen LogP contribution in [0.5, 0.6) is 0 Å². The summed E-state index contributed by atoms with van der Waals surface area (Å²) in [6.45, 7) is 2.71. The minimum Gasteiger partial charge on any atom is -0.394 e. The number of nitrogens with one attached hydrogen (secondary N) is 1. The van der Waals surface area contributed by atoms with Crippen LogP contribution in [0.25, 0.3) is 0 Å². The van der Waals surface area contributed by atoms with Gasteiger partial charge in [-0.1, -0.05) is 384 Å². The van der Waals surface area contributed by atoms with Gasteiger partial charge in [-0.3, -0.25) is 4.79 Å². The standard InChI is InChI=1S/C94H161NO13/c1-3-5-7-9-11-13-15-17-19-21-23-25-27-29-31-33-35-37-38-39-40-41-42-43-44-46-48-50-52-54-56-58-60-62-64-66-68-70-72-74-76-78-86(99)95-82(81-105-93-91(104)89(102)92(85(80-97)107-93)108-94-90(103)88(101)87(100)84(79-96)106-94)83(98)77-75-73-71-69-67-65-63-61-59-57-55-53-51-49-47-45-36-34-32-30-28-26-24-22-20-18-16-14-12-10-8-6-4-2/h5,7,11,13,17,19,23,25,29,31,35,37,39-40,42-43,46,48,52,54,58,60,75,77,82-85,87-94,96-98,100-104H,3-4,6,8-10,12,14-16,18,20-22,24,26-28,30,32-34,36,38,41,44-45,47,49-51,53,55-57,59,61-74,76,78-81H2,1-2H3,(H,95,99)/b7-5-,13-11-,19-17-,25-23-,31-29-,37-35-,40-39-,43-42-,48-46-,54-52-,60-58-,77-75+. The number of unbranched alkanes of at least 4 members (excludes halogenated alkanes) is 38. The molecule has 620 valence electrons. The Labute approximate surface area is 659 Å². The van der Waals surface area contributed by atoms with Crippen LogP contribution in [0, 0.1) is 0 Å². The summed E-state index contributed by atoms with van der Waals surface area (Å²) in [6.07, 6.45) is 97.9. The topological polar surface area (TPSA) is 228 Å². The quantitative estimate of drug-likeness (QED) is 0.0204. The number of carbonyl (C=O) groups excluding carboxylic acids is 1. The van der Waals surface area contributed by atoms with E-state index in [1.807, 2.05) is 6.08 Å². The maximum absolute atomic E-state index is 13.4. The van der Waals surface area contributed by atoms with E-state index in [2.05, 4.69) is 153 Å². The molecule has 2 rings (SSSR count). The Hall–Kier alpha value is -4.13. The molecule has 0 aromatic heterocycles. The van der Waals surface area contributed by atoms with Gasteiger partial charge in [-0.25, -0.2) is 0 Å². The van der Waals surface area contributed by atoms with Crippen LogP contribution in [0.3, 0.4) is 0 Å². The van der Waals surface area contributed by atoms with E-state index in [4.69, 9.17) is 18.9 Å². The van der Waals surface area contributed by atoms with Gasteiger partial charge < -0.3 is 65.1 Å². The molecule has 0 radical (unpaired) electrons. The van der Waals surface area contributed by atoms with Crippen molar-refractivity contribution in [1.29, 1.82) is 0 Å². The number of hydrogen-bond donors (Lipinski definition) is 9. The van der Waals surface area contributed by atoms with E-state index < -0.39 is 86.8 Å². The average Bonchev–Trinajstić information content (AvgIpc) is 0.789. The zero-order valence-corrected chi connectivity index (χ0v) is 68.3. The summed E-state index contributed by atoms with van der Waals surface area (Å²) in [5.74, 6) is -0.252. The Morgan fingerprint density at radius 3 is 0.981 bits per heavy atom. The summed E-state index contributed by atoms with van der Waals surface area (Å²) in [5.41, 5.74) is 0. The Balaban J connectivity index is 1.61. The maximum Gasteiger partial charge on any atom is 0.220 e. The molecule has 2 saturated heterocycles. The molecule has 0 aromatic rings. The molecule has 0 aliphatic carbocycles. The summed E-state index contributed by atoms with van der Waals surface area (Å²) in [4.78, 5) is 13.4. The molecule has 2 aliphatic heterocycles. The van der Waals surface area contributed by atoms with Gasteiger partial charge in [0.1, 0.15) is 48.8 Å². The largest absolute Gasteiger partial charge is 0.394 e. The van der Waals surface area contributed by atoms with Crippen molar-refractivity contribution in [3.8, 4) is 0 Å². The second kappa shape index (κ2) is 75.6. The molecule has 0 bridgehead atoms. The van der Waals surface area contributed by atoms with E-state index >= 15 is 0 Å². The lowest BCUT2D eigenvalue weighted by Crippen LogP contribution is -2.65. The van der Waals surface area contributed by atoms with Crippen molar-refractivity contribution < 1.29 is 64.6 Å². The number of aliphatic hydroxyl groups excluding tert-OH is 8. The lowest BCUT2D eigenvalue weighted by molar-refractivity contribution is -0.359. The molecule has 14 heteroatoms. The second-order valence-corrected chi connectivity index (χ2v) is 30.3. The molecule has 2 aliphatic rings. The monoisotopic (exact) mass is 1510 g/mol. The van der Waals surface area contributed by atoms with Gasteiger partial charge in [-0.2, -0.15) is 0 Å². The first-order valence-electron chi connectivity index (χ1n) is 44.1. The highest BCUT2D eigenvalue weighted by atomic mass is 16.7. The van der Waals surface area contributed by atoms with E-state index in [-0.39, 0.29) is 18.9 Å². The molecule has 9 N–H and O–H groups in total. The number of hydrogen-bond acceptors (Lipinski definition) is 13. The summed E-state index contributed by atoms with van der Waals surface area (Å²) in [5, 5.41) is 87.8. The van der Waals surface area contributed by atoms with Crippen LogP contribution in [0.4, 0.5) is 0 Å². The Bertz CT molecular complexity index is 2390. The molecule has 1 amide bonds. The van der Waals surface area contributed by atoms with Gasteiger partial charge in [-0.15, -0.1) is 0 Å². The van der Waals surface area contributed by atoms with Gasteiger partial charge in [0.25, 0.3) is 0 Å². The fourth-order valence-electron chi connectivity index (χ4n) is 13.7. The fourth-order valence-corrected chi connectivity index (χ4v) is 13.7. The van der Waals surface area contributed by atoms with Crippen molar-refractivity contribution in [1.82, 2.24) is 5.32 Å². The SMILES string of the molecule is CC/C=C\C/C=C\C/C=C\C/C=C\C/C=C\C/C=C\C/C=C\C/C=C\C/C=C\C/C=C\C/C=C\CCCCCCCCCC(=O)NC(COC1OC(CO)C(OC2OC(CO)C(O)C(O)C2O)C(O)C1O)C(O)/C=C/CCCCCCCCCCCCCCCCCCCCCCCCCCCCCCCCC. The number of allylic oxidation sites excluding steroid dienone is 23. The van der Waals surface area contributed by atoms with Crippen molar-refractivity contribution in [2.45, 2.75) is 421 Å². The van der Waals surface area contributed by atoms with Crippen molar-refractivity contribution in [2.75, 3.05) is 19.8 Å². The molecule has 12 atom stereocenters. The smallest absolute Gasteiger partial charge is 0.220 e. The zero-order chi connectivity index (χ0) is 77.9. The minimum atomic E-state index is -1.80. The molecule has 14 nitrogen and oxygen atoms in total. The summed E-state index contributed by atoms with van der Waals surface area (Å²) >= 11 is 0. The summed E-state index contributed by atoms with van der Waals surface area (Å²) in [7, 11) is 0. The minimum absolute atomic E-state index is 0.252. The van der Waals surface area contributed by atoms with Crippen LogP contribution in [0.1, 0.15) is 348 Å². The molecule has 0 saturated carbocycles. The molecular weight excluding hydrogens is 1350 g/mol. The van der Waals surface area contributed by atoms with Crippen LogP contribution in [-0.4, -0.2) is 140 Å². The van der Waals surface area contributed by atoms with Crippen LogP contribution in [0.2, 0.25) is 0 Å². The third kappa shape index (κ3) is 57.0. The highest BCUT2D eigenvalue weighted by Gasteiger charge is 2.51. The molecule has 0 aromatic carbocycles. The van der Waals surface area contributed by atoms with Crippen LogP contribution in [0.15, 0.2) is 146 Å². The van der Waals surface area contributed by atoms with E-state index in [1.165, 1.54) is 186 Å². The van der Waals surface area contributed by atoms with Crippen LogP contribution in [-0.2, 0) is 23.7 Å². The predicted octanol–water partition coefficient (Wildman–Crippen LogP) is 21.5. The van der Waals surface area contributed by atoms with Gasteiger partial charge in [0.15, 0.2) is 12.6 Å². The Kier molecular flexibility index (Phi) is 69.9. The molecule has 108 heavy (non-hydrogen) atoms. The number of carbonyl (C=O) groups is 1. The van der Waals surface area contributed by atoms with Crippen LogP contribution >= 0.6 is 0 Å². The maximum atomic E-state index is 13.4. The third-order valence-electron chi connectivity index (χ3n) is 20.5. The predicted molar refractivity (Wildman–Crippen MR) is 451 cm³/mol. The molecule has 0 spiro atoms. The van der Waals surface area contributed by atoms with Gasteiger partial charge >= 0.3 is 0 Å². The molecular formula is C94H161NO13. The van der Waals surface area contributed by atoms with Gasteiger partial charge in [0.2, 0.25) is 5.91 Å². The first kappa shape index (κ1) is 99.9. The van der Waals surface area contributed by atoms with E-state index in [1.54, 1.807) is 6.08 Å². The lowest BCUT2D eigenvalue weighted by atomic mass is 9.97. The summed E-state index contributed by atoms with van der Waals surface area (Å²) < 4.78 is 22.9. The first-order chi connectivity index (χ1) is 53.1. The lowest BCUT2D eigenvalue weighted by Gasteiger charge is -2.46. The number of ether oxygens (including phenoxy) is 4. The number of aliphatic hydroxyl groups is 8. The Morgan fingerprint density at radius 1 is 0.343 bits per heavy atom. The summed E-state index contributed by atoms with van der Waals surface area (Å²) in [6, 6.07) is -0.934. The van der Waals surface area contributed by atoms with Crippen LogP contribution < -0.4 is 5.32 Å². The van der Waals surface area contributed by atoms with Crippen molar-refractivity contribution in [2.24, 2.45) is 0 Å². The molecule has 2 fully saturated rings. The first-order valence-corrected chi connectivity index (χ1v) is 44.1. The molecule has 2 heterocycles. The fraction of sp³-hybridized carbons (Fsp3) is 0.734. The third-order valence-corrected chi connectivity index (χ3v) is 20.5. The highest BCUT2D eigenvalue weighted by molar-refractivity contribution is 5.76. The van der Waals surface area contributed by atoms with Gasteiger partial charge in [0, 0.05) is 6.42 Å². The highest BCUT2D eigenvalue weighted by Crippen LogP contribution is 2.30. The van der Waals surface area contributed by atoms with Crippen molar-refractivity contribution in [3.05, 3.63) is 146 Å². The van der Waals surface area contributed by atoms with Crippen molar-refractivity contribution in [3.63, 3.8) is 0 Å². The number of amides is 1. The number of rotatable bonds is 73. The van der Waals surface area contributed by atoms with Crippen molar-refractivity contribution >= 4 is 5.91 Å². The van der Waals surface area contributed by atoms with Gasteiger partial charge in [-0.05, 0) is 103 Å². The van der Waals surface area contributed by atoms with E-state index in [0.29, 0.717) is 6.42 Å².